The molecule has 11 aromatic rings. The Bertz CT molecular complexity index is 3580. The second-order valence-electron chi connectivity index (χ2n) is 19.2. The molecule has 0 unspecified atom stereocenters. The van der Waals surface area contributed by atoms with Crippen molar-refractivity contribution in [1.82, 2.24) is 0 Å². The number of nitrogens with zero attached hydrogens (tertiary/aromatic N) is 1. The van der Waals surface area contributed by atoms with Crippen LogP contribution in [-0.4, -0.2) is 0 Å². The molecule has 0 saturated heterocycles. The number of anilines is 3. The van der Waals surface area contributed by atoms with Crippen molar-refractivity contribution in [2.45, 2.75) is 38.5 Å². The zero-order chi connectivity index (χ0) is 44.3. The maximum absolute atomic E-state index is 6.77. The molecule has 2 heteroatoms. The molecule has 0 N–H and O–H groups in total. The van der Waals surface area contributed by atoms with Gasteiger partial charge in [0.05, 0.1) is 0 Å². The first-order valence-electron chi connectivity index (χ1n) is 23.2. The van der Waals surface area contributed by atoms with Crippen molar-refractivity contribution >= 4 is 49.8 Å². The Kier molecular flexibility index (Phi) is 8.33. The predicted octanol–water partition coefficient (Wildman–Crippen LogP) is 17.8. The molecule has 10 aromatic carbocycles. The number of para-hydroxylation sites is 1. The van der Waals surface area contributed by atoms with Gasteiger partial charge in [0.1, 0.15) is 11.2 Å². The number of hydrogen-bond acceptors (Lipinski definition) is 2. The number of rotatable bonds is 6. The van der Waals surface area contributed by atoms with Crippen molar-refractivity contribution in [2.75, 3.05) is 4.90 Å². The van der Waals surface area contributed by atoms with Gasteiger partial charge in [0, 0.05) is 49.6 Å². The Morgan fingerprint density at radius 2 is 0.697 bits per heavy atom. The van der Waals surface area contributed by atoms with Crippen molar-refractivity contribution in [3.05, 3.63) is 235 Å². The second kappa shape index (κ2) is 14.3. The van der Waals surface area contributed by atoms with Gasteiger partial charge in [-0.3, -0.25) is 0 Å². The smallest absolute Gasteiger partial charge is 0.143 e. The molecule has 2 nitrogen and oxygen atoms in total. The highest BCUT2D eigenvalue weighted by Gasteiger charge is 2.38. The minimum atomic E-state index is -0.0548. The molecule has 13 rings (SSSR count). The van der Waals surface area contributed by atoms with Crippen molar-refractivity contribution < 1.29 is 4.42 Å². The van der Waals surface area contributed by atoms with Crippen LogP contribution >= 0.6 is 0 Å². The van der Waals surface area contributed by atoms with Crippen LogP contribution in [0.2, 0.25) is 0 Å². The molecule has 0 atom stereocenters. The van der Waals surface area contributed by atoms with Gasteiger partial charge in [-0.2, -0.15) is 0 Å². The quantitative estimate of drug-likeness (QED) is 0.166. The number of hydrogen-bond donors (Lipinski definition) is 0. The molecule has 1 aromatic heterocycles. The van der Waals surface area contributed by atoms with Crippen LogP contribution in [0, 0.1) is 0 Å². The average Bonchev–Trinajstić information content (AvgIpc) is 3.95. The third-order valence-corrected chi connectivity index (χ3v) is 14.9. The Balaban J connectivity index is 0.918. The summed E-state index contributed by atoms with van der Waals surface area (Å²) in [7, 11) is 0. The minimum Gasteiger partial charge on any atom is -0.455 e. The molecule has 0 radical (unpaired) electrons. The van der Waals surface area contributed by atoms with Gasteiger partial charge in [0.25, 0.3) is 0 Å². The van der Waals surface area contributed by atoms with Gasteiger partial charge in [-0.1, -0.05) is 198 Å². The highest BCUT2D eigenvalue weighted by atomic mass is 16.3. The summed E-state index contributed by atoms with van der Waals surface area (Å²) in [6.07, 6.45) is 0. The van der Waals surface area contributed by atoms with E-state index in [1.54, 1.807) is 0 Å². The summed E-state index contributed by atoms with van der Waals surface area (Å²) < 4.78 is 6.77. The lowest BCUT2D eigenvalue weighted by atomic mass is 9.82. The SMILES string of the molecule is CC1(C)c2ccccc2-c2c(-c3ccc(N(c4ccc(-c5cccc6c5-c5ccccc5C6(C)C)cc4)c4ccc(-c5cccc6c5oc5c7ccccc7ccc65)cc4)cc3)cccc21. The Labute approximate surface area is 386 Å². The predicted molar refractivity (Wildman–Crippen MR) is 277 cm³/mol. The van der Waals surface area contributed by atoms with E-state index in [2.05, 4.69) is 245 Å². The molecule has 0 aliphatic heterocycles. The van der Waals surface area contributed by atoms with Gasteiger partial charge < -0.3 is 9.32 Å². The van der Waals surface area contributed by atoms with Crippen molar-refractivity contribution in [3.63, 3.8) is 0 Å². The topological polar surface area (TPSA) is 16.4 Å². The van der Waals surface area contributed by atoms with Crippen LogP contribution < -0.4 is 4.90 Å². The molecular formula is C64H47NO. The van der Waals surface area contributed by atoms with Gasteiger partial charge in [0.15, 0.2) is 0 Å². The summed E-state index contributed by atoms with van der Waals surface area (Å²) in [6.45, 7) is 9.40. The van der Waals surface area contributed by atoms with Crippen LogP contribution in [0.1, 0.15) is 49.9 Å². The van der Waals surface area contributed by atoms with Crippen LogP contribution in [0.5, 0.6) is 0 Å². The van der Waals surface area contributed by atoms with Crippen LogP contribution in [0.4, 0.5) is 17.1 Å². The largest absolute Gasteiger partial charge is 0.455 e. The molecule has 2 aliphatic rings. The van der Waals surface area contributed by atoms with Crippen LogP contribution in [0.3, 0.4) is 0 Å². The third-order valence-electron chi connectivity index (χ3n) is 14.9. The first-order valence-corrected chi connectivity index (χ1v) is 23.2. The van der Waals surface area contributed by atoms with E-state index < -0.39 is 0 Å². The minimum absolute atomic E-state index is 0.0548. The second-order valence-corrected chi connectivity index (χ2v) is 19.2. The summed E-state index contributed by atoms with van der Waals surface area (Å²) >= 11 is 0. The Hall–Kier alpha value is -7.94. The fourth-order valence-corrected chi connectivity index (χ4v) is 11.6. The van der Waals surface area contributed by atoms with Crippen LogP contribution in [0.25, 0.3) is 88.3 Å². The van der Waals surface area contributed by atoms with Crippen molar-refractivity contribution in [2.24, 2.45) is 0 Å². The molecule has 0 amide bonds. The fraction of sp³-hybridized carbons (Fsp3) is 0.0938. The van der Waals surface area contributed by atoms with Crippen molar-refractivity contribution in [3.8, 4) is 55.6 Å². The van der Waals surface area contributed by atoms with Gasteiger partial charge in [-0.05, 0) is 120 Å². The van der Waals surface area contributed by atoms with E-state index in [0.717, 1.165) is 55.5 Å². The molecule has 1 heterocycles. The van der Waals surface area contributed by atoms with Crippen LogP contribution in [0.15, 0.2) is 217 Å². The van der Waals surface area contributed by atoms with E-state index in [0.29, 0.717) is 0 Å². The zero-order valence-electron chi connectivity index (χ0n) is 37.6. The summed E-state index contributed by atoms with van der Waals surface area (Å²) in [5.74, 6) is 0. The molecule has 0 saturated carbocycles. The average molecular weight is 846 g/mol. The van der Waals surface area contributed by atoms with Gasteiger partial charge in [-0.25, -0.2) is 0 Å². The Morgan fingerprint density at radius 3 is 1.24 bits per heavy atom. The van der Waals surface area contributed by atoms with E-state index in [1.807, 2.05) is 0 Å². The van der Waals surface area contributed by atoms with Crippen molar-refractivity contribution in [1.29, 1.82) is 0 Å². The first kappa shape index (κ1) is 38.5. The molecule has 0 bridgehead atoms. The standard InChI is InChI=1S/C64H47NO/c1-63(2)55-22-9-7-16-53(55)59-47(18-12-24-57(59)63)41-26-33-44(34-27-41)65(45-35-28-42(29-36-45)48-19-13-25-58-60(48)54-17-8-10-23-56(54)64(58,3)4)46-37-30-43(31-38-46)50-20-11-21-51-52-39-32-40-14-5-6-15-49(40)62(52)66-61(50)51/h5-39H,1-4H3. The molecule has 0 spiro atoms. The number of fused-ring (bicyclic) bond motifs is 11. The normalized spacial score (nSPS) is 14.0. The molecule has 0 fully saturated rings. The molecular weight excluding hydrogens is 799 g/mol. The van der Waals surface area contributed by atoms with E-state index in [9.17, 15) is 0 Å². The lowest BCUT2D eigenvalue weighted by Gasteiger charge is -2.26. The maximum atomic E-state index is 6.77. The molecule has 314 valence electrons. The maximum Gasteiger partial charge on any atom is 0.143 e. The first-order chi connectivity index (χ1) is 32.3. The van der Waals surface area contributed by atoms with Gasteiger partial charge in [-0.15, -0.1) is 0 Å². The Morgan fingerprint density at radius 1 is 0.303 bits per heavy atom. The van der Waals surface area contributed by atoms with E-state index in [1.165, 1.54) is 72.1 Å². The van der Waals surface area contributed by atoms with E-state index >= 15 is 0 Å². The highest BCUT2D eigenvalue weighted by molar-refractivity contribution is 6.17. The fourth-order valence-electron chi connectivity index (χ4n) is 11.6. The third kappa shape index (κ3) is 5.61. The van der Waals surface area contributed by atoms with E-state index in [-0.39, 0.29) is 10.8 Å². The summed E-state index contributed by atoms with van der Waals surface area (Å²) in [6, 6.07) is 78.1. The number of furan rings is 1. The highest BCUT2D eigenvalue weighted by Crippen LogP contribution is 2.54. The molecule has 66 heavy (non-hydrogen) atoms. The summed E-state index contributed by atoms with van der Waals surface area (Å²) in [5.41, 5.74) is 23.1. The van der Waals surface area contributed by atoms with E-state index in [4.69, 9.17) is 4.42 Å². The number of benzene rings is 10. The summed E-state index contributed by atoms with van der Waals surface area (Å²) in [4.78, 5) is 2.38. The summed E-state index contributed by atoms with van der Waals surface area (Å²) in [5, 5.41) is 4.59. The van der Waals surface area contributed by atoms with Gasteiger partial charge in [0.2, 0.25) is 0 Å². The van der Waals surface area contributed by atoms with Crippen LogP contribution in [-0.2, 0) is 10.8 Å². The molecule has 2 aliphatic carbocycles. The lowest BCUT2D eigenvalue weighted by Crippen LogP contribution is -2.14. The zero-order valence-corrected chi connectivity index (χ0v) is 37.6. The monoisotopic (exact) mass is 845 g/mol. The van der Waals surface area contributed by atoms with Gasteiger partial charge >= 0.3 is 0 Å². The lowest BCUT2D eigenvalue weighted by molar-refractivity contribution is 0.660.